The molecule has 0 spiro atoms. The van der Waals surface area contributed by atoms with E-state index in [-0.39, 0.29) is 28.3 Å². The van der Waals surface area contributed by atoms with Gasteiger partial charge in [0.05, 0.1) is 44.5 Å². The average molecular weight is 659 g/mol. The molecule has 252 valence electrons. The number of benzene rings is 3. The normalized spacial score (nSPS) is 12.6. The Labute approximate surface area is 277 Å². The van der Waals surface area contributed by atoms with Crippen molar-refractivity contribution in [1.82, 2.24) is 4.98 Å². The van der Waals surface area contributed by atoms with Crippen LogP contribution in [0.4, 0.5) is 5.82 Å². The minimum atomic E-state index is -1.79. The van der Waals surface area contributed by atoms with Gasteiger partial charge in [-0.25, -0.2) is 9.78 Å². The summed E-state index contributed by atoms with van der Waals surface area (Å²) < 4.78 is 11.0. The molecule has 4 aromatic rings. The zero-order chi connectivity index (χ0) is 35.2. The first-order chi connectivity index (χ1) is 22.9. The van der Waals surface area contributed by atoms with Gasteiger partial charge in [0.2, 0.25) is 0 Å². The Balaban J connectivity index is 1.73. The largest absolute Gasteiger partial charge is 0.497 e. The molecule has 4 rings (SSSR count). The van der Waals surface area contributed by atoms with Crippen molar-refractivity contribution in [3.05, 3.63) is 107 Å². The summed E-state index contributed by atoms with van der Waals surface area (Å²) in [5.41, 5.74) is 0.832. The molecule has 1 aromatic heterocycles. The third-order valence-electron chi connectivity index (χ3n) is 8.15. The number of aliphatic carboxylic acids is 1. The van der Waals surface area contributed by atoms with Crippen LogP contribution in [0.3, 0.4) is 0 Å². The van der Waals surface area contributed by atoms with Crippen LogP contribution in [0.15, 0.2) is 78.9 Å². The molecule has 12 nitrogen and oxygen atoms in total. The highest BCUT2D eigenvalue weighted by molar-refractivity contribution is 6.11. The molecule has 0 fully saturated rings. The Morgan fingerprint density at radius 2 is 1.52 bits per heavy atom. The molecule has 12 heteroatoms. The Morgan fingerprint density at radius 1 is 0.854 bits per heavy atom. The van der Waals surface area contributed by atoms with Crippen LogP contribution in [0.5, 0.6) is 11.5 Å². The van der Waals surface area contributed by atoms with Gasteiger partial charge in [-0.05, 0) is 91.6 Å². The molecule has 5 N–H and O–H groups in total. The summed E-state index contributed by atoms with van der Waals surface area (Å²) in [6, 6.07) is 20.5. The first-order valence-electron chi connectivity index (χ1n) is 15.0. The van der Waals surface area contributed by atoms with Crippen LogP contribution in [0, 0.1) is 19.8 Å². The molecule has 0 unspecified atom stereocenters. The Morgan fingerprint density at radius 3 is 2.12 bits per heavy atom. The number of hydrogen-bond acceptors (Lipinski definition) is 10. The number of esters is 1. The molecule has 1 amide bonds. The minimum Gasteiger partial charge on any atom is -0.497 e. The molecule has 2 atom stereocenters. The van der Waals surface area contributed by atoms with Gasteiger partial charge >= 0.3 is 11.9 Å². The quantitative estimate of drug-likeness (QED) is 0.104. The highest BCUT2D eigenvalue weighted by Crippen LogP contribution is 2.34. The molecule has 0 radical (unpaired) electrons. The lowest BCUT2D eigenvalue weighted by Crippen LogP contribution is -2.60. The van der Waals surface area contributed by atoms with Crippen molar-refractivity contribution in [2.45, 2.75) is 32.4 Å². The van der Waals surface area contributed by atoms with E-state index >= 15 is 0 Å². The fraction of sp³-hybridized carbons (Fsp3) is 0.278. The van der Waals surface area contributed by atoms with Gasteiger partial charge in [-0.2, -0.15) is 0 Å². The molecule has 0 saturated carbocycles. The Hall–Kier alpha value is -5.14. The van der Waals surface area contributed by atoms with Crippen molar-refractivity contribution in [1.29, 1.82) is 0 Å². The molecular formula is C36H38N2O10. The predicted molar refractivity (Wildman–Crippen MR) is 176 cm³/mol. The molecule has 0 saturated heterocycles. The third kappa shape index (κ3) is 7.37. The number of aliphatic hydroxyl groups is 4. The van der Waals surface area contributed by atoms with E-state index in [0.717, 1.165) is 4.90 Å². The number of methoxy groups -OCH3 is 1. The number of aromatic nitrogens is 1. The van der Waals surface area contributed by atoms with E-state index in [0.29, 0.717) is 28.1 Å². The molecule has 48 heavy (non-hydrogen) atoms. The molecule has 3 aromatic carbocycles. The number of carboxylic acids is 1. The van der Waals surface area contributed by atoms with Crippen LogP contribution in [-0.2, 0) is 4.79 Å². The second kappa shape index (κ2) is 15.2. The van der Waals surface area contributed by atoms with E-state index in [4.69, 9.17) is 9.47 Å². The number of carbonyl (C=O) groups is 3. The van der Waals surface area contributed by atoms with E-state index in [1.807, 2.05) is 0 Å². The monoisotopic (exact) mass is 658 g/mol. The number of ether oxygens (including phenoxy) is 2. The van der Waals surface area contributed by atoms with Crippen LogP contribution in [0.2, 0.25) is 0 Å². The van der Waals surface area contributed by atoms with Gasteiger partial charge in [-0.15, -0.1) is 0 Å². The van der Waals surface area contributed by atoms with Crippen LogP contribution in [0.25, 0.3) is 11.1 Å². The SMILES string of the molecule is COc1ccc(C(=O)N(c2cccc(C)n2)C(CO)(CO)CO)c(-c2ccc(C(=O)Oc3cccc([C@H](O)[C@H](C)C(=O)O)c3)c(C)c2)c1. The molecule has 1 heterocycles. The Bertz CT molecular complexity index is 1800. The van der Waals surface area contributed by atoms with Crippen molar-refractivity contribution >= 4 is 23.7 Å². The molecular weight excluding hydrogens is 620 g/mol. The van der Waals surface area contributed by atoms with Crippen molar-refractivity contribution in [3.8, 4) is 22.6 Å². The van der Waals surface area contributed by atoms with Crippen LogP contribution in [0.1, 0.15) is 50.6 Å². The van der Waals surface area contributed by atoms with Gasteiger partial charge < -0.3 is 35.0 Å². The number of hydrogen-bond donors (Lipinski definition) is 5. The van der Waals surface area contributed by atoms with E-state index in [2.05, 4.69) is 4.98 Å². The second-order valence-electron chi connectivity index (χ2n) is 11.5. The number of amides is 1. The van der Waals surface area contributed by atoms with Gasteiger partial charge in [0.1, 0.15) is 22.9 Å². The number of carbonyl (C=O) groups excluding carboxylic acids is 2. The number of rotatable bonds is 13. The van der Waals surface area contributed by atoms with Crippen molar-refractivity contribution in [2.24, 2.45) is 5.92 Å². The lowest BCUT2D eigenvalue weighted by atomic mass is 9.93. The van der Waals surface area contributed by atoms with Gasteiger partial charge in [-0.3, -0.25) is 14.5 Å². The number of carboxylic acid groups (broad SMARTS) is 1. The number of aryl methyl sites for hydroxylation is 2. The highest BCUT2D eigenvalue weighted by Gasteiger charge is 2.41. The molecule has 0 aliphatic rings. The standard InChI is InChI=1S/C36H38N2O10/c1-21-15-24(11-13-28(21)35(46)48-27-9-6-8-25(16-27)32(42)23(3)34(44)45)30-17-26(47-4)12-14-29(30)33(43)38(36(18-39,19-40)20-41)31-10-5-7-22(2)37-31/h5-17,23,32,39-42H,18-20H2,1-4H3,(H,44,45)/t23-,32+/m0/s1. The van der Waals surface area contributed by atoms with Gasteiger partial charge in [0.25, 0.3) is 5.91 Å². The first-order valence-corrected chi connectivity index (χ1v) is 15.0. The van der Waals surface area contributed by atoms with Gasteiger partial charge in [0, 0.05) is 11.3 Å². The molecule has 0 bridgehead atoms. The van der Waals surface area contributed by atoms with Gasteiger partial charge in [-0.1, -0.05) is 30.3 Å². The zero-order valence-electron chi connectivity index (χ0n) is 27.0. The maximum absolute atomic E-state index is 14.4. The topological polar surface area (TPSA) is 187 Å². The number of pyridine rings is 1. The zero-order valence-corrected chi connectivity index (χ0v) is 27.0. The predicted octanol–water partition coefficient (Wildman–Crippen LogP) is 3.71. The lowest BCUT2D eigenvalue weighted by molar-refractivity contribution is -0.145. The first kappa shape index (κ1) is 35.7. The van der Waals surface area contributed by atoms with Crippen LogP contribution < -0.4 is 14.4 Å². The Kier molecular flexibility index (Phi) is 11.3. The fourth-order valence-electron chi connectivity index (χ4n) is 5.18. The summed E-state index contributed by atoms with van der Waals surface area (Å²) in [6.45, 7) is 2.50. The minimum absolute atomic E-state index is 0.113. The summed E-state index contributed by atoms with van der Waals surface area (Å²) in [5, 5.41) is 50.6. The van der Waals surface area contributed by atoms with E-state index in [1.54, 1.807) is 56.3 Å². The number of nitrogens with zero attached hydrogens (tertiary/aromatic N) is 2. The van der Waals surface area contributed by atoms with E-state index in [9.17, 15) is 39.9 Å². The van der Waals surface area contributed by atoms with Gasteiger partial charge in [0.15, 0.2) is 0 Å². The summed E-state index contributed by atoms with van der Waals surface area (Å²) in [5.74, 6) is -2.95. The maximum atomic E-state index is 14.4. The van der Waals surface area contributed by atoms with Crippen molar-refractivity contribution in [3.63, 3.8) is 0 Å². The summed E-state index contributed by atoms with van der Waals surface area (Å²) in [6.07, 6.45) is -1.31. The van der Waals surface area contributed by atoms with Crippen LogP contribution in [-0.4, -0.2) is 80.8 Å². The summed E-state index contributed by atoms with van der Waals surface area (Å²) in [4.78, 5) is 44.4. The molecule has 0 aliphatic heterocycles. The number of anilines is 1. The summed E-state index contributed by atoms with van der Waals surface area (Å²) in [7, 11) is 1.47. The third-order valence-corrected chi connectivity index (χ3v) is 8.15. The van der Waals surface area contributed by atoms with Crippen molar-refractivity contribution in [2.75, 3.05) is 31.8 Å². The molecule has 0 aliphatic carbocycles. The average Bonchev–Trinajstić information content (AvgIpc) is 3.09. The maximum Gasteiger partial charge on any atom is 0.343 e. The second-order valence-corrected chi connectivity index (χ2v) is 11.5. The van der Waals surface area contributed by atoms with E-state index in [1.165, 1.54) is 50.4 Å². The number of aliphatic hydroxyl groups excluding tert-OH is 4. The smallest absolute Gasteiger partial charge is 0.343 e. The fourth-order valence-corrected chi connectivity index (χ4v) is 5.18. The summed E-state index contributed by atoms with van der Waals surface area (Å²) >= 11 is 0. The van der Waals surface area contributed by atoms with E-state index < -0.39 is 55.2 Å². The van der Waals surface area contributed by atoms with Crippen molar-refractivity contribution < 1.29 is 49.4 Å². The highest BCUT2D eigenvalue weighted by atomic mass is 16.5. The van der Waals surface area contributed by atoms with Crippen LogP contribution >= 0.6 is 0 Å². The lowest BCUT2D eigenvalue weighted by Gasteiger charge is -2.39.